The van der Waals surface area contributed by atoms with Crippen LogP contribution < -0.4 is 15.6 Å². The summed E-state index contributed by atoms with van der Waals surface area (Å²) >= 11 is 0.735. The van der Waals surface area contributed by atoms with E-state index in [1.807, 2.05) is 30.3 Å². The lowest BCUT2D eigenvalue weighted by Crippen LogP contribution is -2.38. The molecule has 37 heavy (non-hydrogen) atoms. The average Bonchev–Trinajstić information content (AvgIpc) is 3.14. The van der Waals surface area contributed by atoms with E-state index in [0.29, 0.717) is 5.56 Å². The van der Waals surface area contributed by atoms with Gasteiger partial charge in [0, 0.05) is 19.2 Å². The Morgan fingerprint density at radius 2 is 1.76 bits per heavy atom. The van der Waals surface area contributed by atoms with Crippen molar-refractivity contribution >= 4 is 34.9 Å². The molecule has 12 heteroatoms. The standard InChI is InChI=1S/C25H20F2N4O5S/c26-24(27)36-18-8-6-16(7-9-18)14-20-23(34)30(25(35)37-20)13-12-28-22(33)19-10-11-21(32)31(29-19)15-17-4-2-1-3-5-17/h1-11,14,24H,12-13,15H2,(H,28,33). The summed E-state index contributed by atoms with van der Waals surface area (Å²) in [5, 5.41) is 6.20. The van der Waals surface area contributed by atoms with Gasteiger partial charge in [0.05, 0.1) is 11.4 Å². The maximum atomic E-state index is 12.7. The summed E-state index contributed by atoms with van der Waals surface area (Å²) in [5.41, 5.74) is 1.03. The van der Waals surface area contributed by atoms with Crippen LogP contribution in [0.25, 0.3) is 6.08 Å². The molecule has 1 N–H and O–H groups in total. The highest BCUT2D eigenvalue weighted by Gasteiger charge is 2.34. The zero-order valence-corrected chi connectivity index (χ0v) is 20.0. The molecule has 3 amide bonds. The van der Waals surface area contributed by atoms with Crippen molar-refractivity contribution in [2.45, 2.75) is 13.2 Å². The van der Waals surface area contributed by atoms with Gasteiger partial charge in [-0.1, -0.05) is 42.5 Å². The molecule has 0 bridgehead atoms. The zero-order valence-electron chi connectivity index (χ0n) is 19.2. The van der Waals surface area contributed by atoms with Crippen molar-refractivity contribution in [2.75, 3.05) is 13.1 Å². The fraction of sp³-hybridized carbons (Fsp3) is 0.160. The number of carbonyl (C=O) groups excluding carboxylic acids is 3. The van der Waals surface area contributed by atoms with Crippen molar-refractivity contribution in [3.8, 4) is 5.75 Å². The normalized spacial score (nSPS) is 14.5. The Kier molecular flexibility index (Phi) is 8.08. The fourth-order valence-corrected chi connectivity index (χ4v) is 4.27. The molecule has 0 unspecified atom stereocenters. The SMILES string of the molecule is O=C(NCCN1C(=O)SC(=Cc2ccc(OC(F)F)cc2)C1=O)c1ccc(=O)n(Cc2ccccc2)n1. The molecule has 0 atom stereocenters. The van der Waals surface area contributed by atoms with Crippen LogP contribution in [-0.2, 0) is 11.3 Å². The van der Waals surface area contributed by atoms with Crippen LogP contribution in [0.1, 0.15) is 21.6 Å². The van der Waals surface area contributed by atoms with Gasteiger partial charge in [-0.3, -0.25) is 24.1 Å². The predicted octanol–water partition coefficient (Wildman–Crippen LogP) is 3.36. The van der Waals surface area contributed by atoms with Crippen molar-refractivity contribution in [1.29, 1.82) is 0 Å². The molecule has 1 saturated heterocycles. The molecule has 0 saturated carbocycles. The monoisotopic (exact) mass is 526 g/mol. The molecule has 1 fully saturated rings. The number of benzene rings is 2. The first-order chi connectivity index (χ1) is 17.8. The third kappa shape index (κ3) is 6.67. The van der Waals surface area contributed by atoms with E-state index >= 15 is 0 Å². The topological polar surface area (TPSA) is 111 Å². The Hall–Kier alpha value is -4.32. The molecular formula is C25H20F2N4O5S. The second kappa shape index (κ2) is 11.6. The van der Waals surface area contributed by atoms with Crippen LogP contribution in [0.3, 0.4) is 0 Å². The number of nitrogens with one attached hydrogen (secondary N) is 1. The minimum absolute atomic E-state index is 0.0174. The molecule has 1 aromatic heterocycles. The van der Waals surface area contributed by atoms with E-state index in [2.05, 4.69) is 15.2 Å². The number of thioether (sulfide) groups is 1. The van der Waals surface area contributed by atoms with E-state index in [1.165, 1.54) is 47.2 Å². The summed E-state index contributed by atoms with van der Waals surface area (Å²) in [6.07, 6.45) is 1.47. The van der Waals surface area contributed by atoms with Crippen molar-refractivity contribution in [2.24, 2.45) is 0 Å². The van der Waals surface area contributed by atoms with Crippen molar-refractivity contribution < 1.29 is 27.9 Å². The molecule has 1 aliphatic heterocycles. The van der Waals surface area contributed by atoms with Gasteiger partial charge in [0.15, 0.2) is 0 Å². The number of alkyl halides is 2. The molecule has 9 nitrogen and oxygen atoms in total. The summed E-state index contributed by atoms with van der Waals surface area (Å²) in [7, 11) is 0. The van der Waals surface area contributed by atoms with Crippen LogP contribution >= 0.6 is 11.8 Å². The van der Waals surface area contributed by atoms with Crippen molar-refractivity contribution in [3.63, 3.8) is 0 Å². The van der Waals surface area contributed by atoms with Crippen LogP contribution in [0, 0.1) is 0 Å². The quantitative estimate of drug-likeness (QED) is 0.426. The van der Waals surface area contributed by atoms with Gasteiger partial charge in [-0.2, -0.15) is 13.9 Å². The van der Waals surface area contributed by atoms with Crippen LogP contribution in [0.5, 0.6) is 5.75 Å². The van der Waals surface area contributed by atoms with E-state index in [-0.39, 0.29) is 41.5 Å². The van der Waals surface area contributed by atoms with E-state index in [1.54, 1.807) is 0 Å². The number of imide groups is 1. The molecule has 1 aliphatic rings. The van der Waals surface area contributed by atoms with Gasteiger partial charge in [-0.25, -0.2) is 4.68 Å². The molecule has 0 spiro atoms. The molecule has 2 heterocycles. The number of halogens is 2. The maximum Gasteiger partial charge on any atom is 0.387 e. The van der Waals surface area contributed by atoms with Crippen molar-refractivity contribution in [1.82, 2.24) is 20.0 Å². The molecule has 0 radical (unpaired) electrons. The van der Waals surface area contributed by atoms with Gasteiger partial charge in [-0.05, 0) is 47.2 Å². The Bertz CT molecular complexity index is 1390. The van der Waals surface area contributed by atoms with Gasteiger partial charge in [0.25, 0.3) is 22.6 Å². The minimum Gasteiger partial charge on any atom is -0.435 e. The first-order valence-electron chi connectivity index (χ1n) is 11.0. The average molecular weight is 527 g/mol. The van der Waals surface area contributed by atoms with Crippen molar-refractivity contribution in [3.05, 3.63) is 98.8 Å². The molecule has 3 aromatic rings. The fourth-order valence-electron chi connectivity index (χ4n) is 3.40. The largest absolute Gasteiger partial charge is 0.435 e. The third-order valence-corrected chi connectivity index (χ3v) is 6.08. The van der Waals surface area contributed by atoms with E-state index < -0.39 is 23.7 Å². The Morgan fingerprint density at radius 1 is 1.03 bits per heavy atom. The lowest BCUT2D eigenvalue weighted by molar-refractivity contribution is -0.122. The summed E-state index contributed by atoms with van der Waals surface area (Å²) in [5.74, 6) is -1.12. The van der Waals surface area contributed by atoms with Crippen LogP contribution in [-0.4, -0.2) is 51.4 Å². The van der Waals surface area contributed by atoms with Gasteiger partial charge in [0.2, 0.25) is 0 Å². The molecule has 0 aliphatic carbocycles. The lowest BCUT2D eigenvalue weighted by Gasteiger charge is -2.13. The maximum absolute atomic E-state index is 12.7. The second-order valence-corrected chi connectivity index (χ2v) is 8.73. The Balaban J connectivity index is 1.34. The first-order valence-corrected chi connectivity index (χ1v) is 11.8. The number of carbonyl (C=O) groups is 3. The molecule has 2 aromatic carbocycles. The Labute approximate surface area is 213 Å². The van der Waals surface area contributed by atoms with E-state index in [0.717, 1.165) is 22.2 Å². The second-order valence-electron chi connectivity index (χ2n) is 7.74. The zero-order chi connectivity index (χ0) is 26.4. The lowest BCUT2D eigenvalue weighted by atomic mass is 10.2. The number of hydrogen-bond acceptors (Lipinski definition) is 7. The summed E-state index contributed by atoms with van der Waals surface area (Å²) < 4.78 is 30.0. The van der Waals surface area contributed by atoms with Gasteiger partial charge in [0.1, 0.15) is 11.4 Å². The van der Waals surface area contributed by atoms with Gasteiger partial charge >= 0.3 is 6.61 Å². The first kappa shape index (κ1) is 25.8. The third-order valence-electron chi connectivity index (χ3n) is 5.17. The molecule has 190 valence electrons. The van der Waals surface area contributed by atoms with Crippen LogP contribution in [0.15, 0.2) is 76.4 Å². The predicted molar refractivity (Wildman–Crippen MR) is 132 cm³/mol. The summed E-state index contributed by atoms with van der Waals surface area (Å²) in [6.45, 7) is -2.84. The number of hydrogen-bond donors (Lipinski definition) is 1. The highest BCUT2D eigenvalue weighted by Crippen LogP contribution is 2.32. The van der Waals surface area contributed by atoms with Gasteiger partial charge in [-0.15, -0.1) is 0 Å². The molecular weight excluding hydrogens is 506 g/mol. The number of ether oxygens (including phenoxy) is 1. The molecule has 4 rings (SSSR count). The number of aromatic nitrogens is 2. The van der Waals surface area contributed by atoms with E-state index in [9.17, 15) is 28.0 Å². The van der Waals surface area contributed by atoms with Gasteiger partial charge < -0.3 is 10.1 Å². The number of amides is 3. The number of rotatable bonds is 9. The highest BCUT2D eigenvalue weighted by atomic mass is 32.2. The van der Waals surface area contributed by atoms with E-state index in [4.69, 9.17) is 0 Å². The number of nitrogens with zero attached hydrogens (tertiary/aromatic N) is 3. The Morgan fingerprint density at radius 3 is 2.46 bits per heavy atom. The smallest absolute Gasteiger partial charge is 0.387 e. The highest BCUT2D eigenvalue weighted by molar-refractivity contribution is 8.18. The van der Waals surface area contributed by atoms with Crippen LogP contribution in [0.2, 0.25) is 0 Å². The summed E-state index contributed by atoms with van der Waals surface area (Å²) in [4.78, 5) is 50.8. The minimum atomic E-state index is -2.94. The summed E-state index contributed by atoms with van der Waals surface area (Å²) in [6, 6.07) is 17.4. The van der Waals surface area contributed by atoms with Crippen LogP contribution in [0.4, 0.5) is 13.6 Å².